The fourth-order valence-electron chi connectivity index (χ4n) is 0.129. The first-order chi connectivity index (χ1) is 2.41. The first-order valence-corrected chi connectivity index (χ1v) is 1.63. The molecule has 0 fully saturated rings. The van der Waals surface area contributed by atoms with Crippen molar-refractivity contribution >= 4 is 0 Å². The summed E-state index contributed by atoms with van der Waals surface area (Å²) in [7, 11) is 1.61. The number of rotatable bonds is 2. The van der Waals surface area contributed by atoms with Crippen molar-refractivity contribution in [3.05, 3.63) is 0 Å². The second kappa shape index (κ2) is 3.92. The molecular weight excluding hydrogens is 66.0 g/mol. The lowest BCUT2D eigenvalue weighted by Crippen LogP contribution is -1.96. The molecule has 0 atom stereocenters. The molecule has 0 spiro atoms. The van der Waals surface area contributed by atoms with Gasteiger partial charge in [0.25, 0.3) is 0 Å². The highest BCUT2D eigenvalue weighted by molar-refractivity contribution is 3.97. The molecular formula is C3H8NO. The average molecular weight is 74.1 g/mol. The zero-order valence-electron chi connectivity index (χ0n) is 3.56. The van der Waals surface area contributed by atoms with Crippen LogP contribution in [0, 0.1) is 0 Å². The van der Waals surface area contributed by atoms with Gasteiger partial charge in [-0.1, -0.05) is 0 Å². The highest BCUT2D eigenvalue weighted by Crippen LogP contribution is 1.56. The van der Waals surface area contributed by atoms with E-state index in [0.717, 1.165) is 0 Å². The van der Waals surface area contributed by atoms with Crippen LogP contribution in [0.2, 0.25) is 0 Å². The van der Waals surface area contributed by atoms with Crippen LogP contribution in [-0.2, 0) is 4.84 Å². The lowest BCUT2D eigenvalue weighted by atomic mass is 10.9. The fourth-order valence-corrected chi connectivity index (χ4v) is 0.129. The first kappa shape index (κ1) is 4.92. The van der Waals surface area contributed by atoms with Gasteiger partial charge in [-0.15, -0.1) is 5.48 Å². The Morgan fingerprint density at radius 2 is 2.40 bits per heavy atom. The maximum absolute atomic E-state index is 4.46. The molecule has 0 bridgehead atoms. The zero-order valence-corrected chi connectivity index (χ0v) is 3.56. The summed E-state index contributed by atoms with van der Waals surface area (Å²) >= 11 is 0. The normalized spacial score (nSPS) is 8.40. The Bertz CT molecular complexity index is 14.4. The van der Waals surface area contributed by atoms with E-state index in [1.807, 2.05) is 6.92 Å². The molecule has 0 aliphatic rings. The fraction of sp³-hybridized carbons (Fsp3) is 1.00. The molecule has 2 heteroatoms. The lowest BCUT2D eigenvalue weighted by molar-refractivity contribution is 0.0605. The monoisotopic (exact) mass is 74.1 g/mol. The molecule has 0 rings (SSSR count). The van der Waals surface area contributed by atoms with Crippen molar-refractivity contribution in [1.82, 2.24) is 5.48 Å². The van der Waals surface area contributed by atoms with Crippen molar-refractivity contribution in [1.29, 1.82) is 0 Å². The van der Waals surface area contributed by atoms with Gasteiger partial charge < -0.3 is 0 Å². The molecule has 1 radical (unpaired) electrons. The summed E-state index contributed by atoms with van der Waals surface area (Å²) in [6.45, 7) is 2.57. The van der Waals surface area contributed by atoms with Gasteiger partial charge in [0.05, 0.1) is 6.61 Å². The van der Waals surface area contributed by atoms with Crippen LogP contribution in [0.25, 0.3) is 0 Å². The second-order valence-electron chi connectivity index (χ2n) is 0.600. The molecule has 0 unspecified atom stereocenters. The van der Waals surface area contributed by atoms with Crippen molar-refractivity contribution in [3.8, 4) is 0 Å². The third kappa shape index (κ3) is 3.92. The Hall–Kier alpha value is -0.0800. The maximum Gasteiger partial charge on any atom is 0.0674 e. The molecule has 0 N–H and O–H groups in total. The number of hydroxylamine groups is 1. The molecule has 2 nitrogen and oxygen atoms in total. The molecule has 0 aromatic heterocycles. The second-order valence-corrected chi connectivity index (χ2v) is 0.600. The Morgan fingerprint density at radius 3 is 2.40 bits per heavy atom. The SMILES string of the molecule is CCO[N]C. The van der Waals surface area contributed by atoms with Crippen LogP contribution >= 0.6 is 0 Å². The standard InChI is InChI=1S/C3H8NO/c1-3-5-4-2/h3H2,1-2H3. The highest BCUT2D eigenvalue weighted by Gasteiger charge is 1.64. The molecule has 0 aliphatic heterocycles. The summed E-state index contributed by atoms with van der Waals surface area (Å²) in [5.74, 6) is 0. The smallest absolute Gasteiger partial charge is 0.0674 e. The third-order valence-electron chi connectivity index (χ3n) is 0.258. The van der Waals surface area contributed by atoms with Crippen molar-refractivity contribution in [3.63, 3.8) is 0 Å². The van der Waals surface area contributed by atoms with Gasteiger partial charge in [0.1, 0.15) is 0 Å². The van der Waals surface area contributed by atoms with E-state index in [-0.39, 0.29) is 0 Å². The Balaban J connectivity index is 2.19. The van der Waals surface area contributed by atoms with Gasteiger partial charge in [-0.25, -0.2) is 0 Å². The van der Waals surface area contributed by atoms with E-state index in [4.69, 9.17) is 0 Å². The quantitative estimate of drug-likeness (QED) is 0.428. The van der Waals surface area contributed by atoms with Crippen molar-refractivity contribution in [2.45, 2.75) is 6.92 Å². The number of hydrogen-bond acceptors (Lipinski definition) is 1. The zero-order chi connectivity index (χ0) is 4.12. The van der Waals surface area contributed by atoms with E-state index in [1.54, 1.807) is 7.05 Å². The largest absolute Gasteiger partial charge is 0.283 e. The molecule has 0 aromatic rings. The van der Waals surface area contributed by atoms with Gasteiger partial charge in [0, 0.05) is 7.05 Å². The predicted octanol–water partition coefficient (Wildman–Crippen LogP) is 0.172. The molecule has 0 amide bonds. The minimum Gasteiger partial charge on any atom is -0.283 e. The molecule has 5 heavy (non-hydrogen) atoms. The van der Waals surface area contributed by atoms with Crippen LogP contribution in [-0.4, -0.2) is 13.7 Å². The van der Waals surface area contributed by atoms with E-state index < -0.39 is 0 Å². The van der Waals surface area contributed by atoms with Gasteiger partial charge >= 0.3 is 0 Å². The van der Waals surface area contributed by atoms with Crippen molar-refractivity contribution in [2.24, 2.45) is 0 Å². The van der Waals surface area contributed by atoms with E-state index in [1.165, 1.54) is 0 Å². The topological polar surface area (TPSA) is 23.3 Å². The van der Waals surface area contributed by atoms with E-state index in [0.29, 0.717) is 6.61 Å². The van der Waals surface area contributed by atoms with E-state index in [9.17, 15) is 0 Å². The summed E-state index contributed by atoms with van der Waals surface area (Å²) in [5.41, 5.74) is 3.35. The summed E-state index contributed by atoms with van der Waals surface area (Å²) in [6, 6.07) is 0. The lowest BCUT2D eigenvalue weighted by Gasteiger charge is -1.84. The minimum absolute atomic E-state index is 0.677. The van der Waals surface area contributed by atoms with Crippen LogP contribution < -0.4 is 5.48 Å². The summed E-state index contributed by atoms with van der Waals surface area (Å²) in [5, 5.41) is 0. The van der Waals surface area contributed by atoms with Crippen LogP contribution in [0.5, 0.6) is 0 Å². The maximum atomic E-state index is 4.46. The molecule has 0 heterocycles. The first-order valence-electron chi connectivity index (χ1n) is 1.63. The third-order valence-corrected chi connectivity index (χ3v) is 0.258. The van der Waals surface area contributed by atoms with Crippen LogP contribution in [0.1, 0.15) is 6.92 Å². The Morgan fingerprint density at radius 1 is 1.80 bits per heavy atom. The van der Waals surface area contributed by atoms with E-state index in [2.05, 4.69) is 10.3 Å². The number of nitrogens with zero attached hydrogens (tertiary/aromatic N) is 1. The average Bonchev–Trinajstić information content (AvgIpc) is 1.41. The van der Waals surface area contributed by atoms with Crippen LogP contribution in [0.15, 0.2) is 0 Å². The minimum atomic E-state index is 0.677. The van der Waals surface area contributed by atoms with Gasteiger partial charge in [-0.2, -0.15) is 0 Å². The molecule has 0 aromatic carbocycles. The highest BCUT2D eigenvalue weighted by atomic mass is 16.6. The number of hydrogen-bond donors (Lipinski definition) is 0. The molecule has 0 saturated heterocycles. The van der Waals surface area contributed by atoms with Crippen molar-refractivity contribution in [2.75, 3.05) is 13.7 Å². The van der Waals surface area contributed by atoms with Gasteiger partial charge in [0.15, 0.2) is 0 Å². The molecule has 31 valence electrons. The van der Waals surface area contributed by atoms with Gasteiger partial charge in [-0.3, -0.25) is 4.84 Å². The predicted molar refractivity (Wildman–Crippen MR) is 19.7 cm³/mol. The summed E-state index contributed by atoms with van der Waals surface area (Å²) in [4.78, 5) is 4.46. The molecule has 0 aliphatic carbocycles. The van der Waals surface area contributed by atoms with Gasteiger partial charge in [0.2, 0.25) is 0 Å². The summed E-state index contributed by atoms with van der Waals surface area (Å²) in [6.07, 6.45) is 0. The molecule has 0 saturated carbocycles. The van der Waals surface area contributed by atoms with Crippen LogP contribution in [0.3, 0.4) is 0 Å². The van der Waals surface area contributed by atoms with Gasteiger partial charge in [-0.05, 0) is 6.92 Å². The Kier molecular flexibility index (Phi) is 3.86. The summed E-state index contributed by atoms with van der Waals surface area (Å²) < 4.78 is 0. The Labute approximate surface area is 32.1 Å². The van der Waals surface area contributed by atoms with Crippen LogP contribution in [0.4, 0.5) is 0 Å². The van der Waals surface area contributed by atoms with Crippen molar-refractivity contribution < 1.29 is 4.84 Å². The van der Waals surface area contributed by atoms with E-state index >= 15 is 0 Å².